The molecule has 35 heavy (non-hydrogen) atoms. The molecular formula is C26H32FN3O5. The minimum atomic E-state index is -0.850. The Labute approximate surface area is 204 Å². The third-order valence-electron chi connectivity index (χ3n) is 6.41. The van der Waals surface area contributed by atoms with Crippen LogP contribution in [-0.2, 0) is 14.3 Å². The van der Waals surface area contributed by atoms with Crippen LogP contribution in [-0.4, -0.2) is 66.1 Å². The second-order valence-corrected chi connectivity index (χ2v) is 9.13. The summed E-state index contributed by atoms with van der Waals surface area (Å²) in [6, 6.07) is 14.5. The van der Waals surface area contributed by atoms with Gasteiger partial charge in [0.2, 0.25) is 5.91 Å². The van der Waals surface area contributed by atoms with Gasteiger partial charge in [0.05, 0.1) is 50.5 Å². The van der Waals surface area contributed by atoms with E-state index >= 15 is 0 Å². The van der Waals surface area contributed by atoms with Crippen LogP contribution in [0.15, 0.2) is 54.6 Å². The molecule has 2 aliphatic rings. The Balaban J connectivity index is 1.38. The van der Waals surface area contributed by atoms with Crippen molar-refractivity contribution in [1.29, 1.82) is 0 Å². The van der Waals surface area contributed by atoms with Gasteiger partial charge in [-0.3, -0.25) is 4.79 Å². The zero-order chi connectivity index (χ0) is 24.8. The van der Waals surface area contributed by atoms with Crippen molar-refractivity contribution in [2.75, 3.05) is 25.1 Å². The molecule has 0 spiro atoms. The van der Waals surface area contributed by atoms with Gasteiger partial charge < -0.3 is 30.1 Å². The first kappa shape index (κ1) is 25.1. The van der Waals surface area contributed by atoms with Crippen molar-refractivity contribution >= 4 is 17.6 Å². The summed E-state index contributed by atoms with van der Waals surface area (Å²) in [6.07, 6.45) is -0.229. The summed E-state index contributed by atoms with van der Waals surface area (Å²) in [6.45, 7) is 2.26. The lowest BCUT2D eigenvalue weighted by Crippen LogP contribution is -2.58. The predicted octanol–water partition coefficient (Wildman–Crippen LogP) is 3.23. The highest BCUT2D eigenvalue weighted by atomic mass is 19.1. The van der Waals surface area contributed by atoms with Crippen LogP contribution < -0.4 is 10.6 Å². The van der Waals surface area contributed by atoms with Gasteiger partial charge in [-0.25, -0.2) is 9.18 Å². The van der Waals surface area contributed by atoms with Crippen molar-refractivity contribution < 1.29 is 28.6 Å². The van der Waals surface area contributed by atoms with Gasteiger partial charge in [-0.15, -0.1) is 0 Å². The Morgan fingerprint density at radius 1 is 1.14 bits per heavy atom. The van der Waals surface area contributed by atoms with E-state index in [9.17, 15) is 19.1 Å². The molecular weight excluding hydrogens is 453 g/mol. The van der Waals surface area contributed by atoms with Crippen LogP contribution in [0.4, 0.5) is 14.9 Å². The fourth-order valence-corrected chi connectivity index (χ4v) is 4.67. The van der Waals surface area contributed by atoms with Crippen LogP contribution in [0.1, 0.15) is 37.8 Å². The maximum atomic E-state index is 13.6. The first-order valence-corrected chi connectivity index (χ1v) is 12.0. The van der Waals surface area contributed by atoms with E-state index in [1.807, 2.05) is 37.3 Å². The number of hydrogen-bond acceptors (Lipinski definition) is 5. The highest BCUT2D eigenvalue weighted by Gasteiger charge is 2.40. The molecule has 8 nitrogen and oxygen atoms in total. The lowest BCUT2D eigenvalue weighted by atomic mass is 9.94. The molecule has 0 bridgehead atoms. The highest BCUT2D eigenvalue weighted by Crippen LogP contribution is 2.28. The largest absolute Gasteiger partial charge is 0.389 e. The molecule has 0 saturated carbocycles. The SMILES string of the molecule is C[C@H](NC(=O)C[C@@H]1CC[C@H]2[C@@H](COC[C@@H](O)CN2C(=O)Nc2cccc(F)c2)O1)c1ccccc1. The molecule has 3 amide bonds. The second kappa shape index (κ2) is 11.6. The number of anilines is 1. The fourth-order valence-electron chi connectivity index (χ4n) is 4.67. The lowest BCUT2D eigenvalue weighted by Gasteiger charge is -2.44. The number of carbonyl (C=O) groups excluding carboxylic acids is 2. The number of aliphatic hydroxyl groups is 1. The second-order valence-electron chi connectivity index (χ2n) is 9.13. The van der Waals surface area contributed by atoms with E-state index in [2.05, 4.69) is 10.6 Å². The van der Waals surface area contributed by atoms with Gasteiger partial charge >= 0.3 is 6.03 Å². The summed E-state index contributed by atoms with van der Waals surface area (Å²) in [4.78, 5) is 27.3. The highest BCUT2D eigenvalue weighted by molar-refractivity contribution is 5.89. The molecule has 2 aromatic carbocycles. The monoisotopic (exact) mass is 485 g/mol. The molecule has 0 aromatic heterocycles. The van der Waals surface area contributed by atoms with Crippen molar-refractivity contribution in [3.05, 3.63) is 66.0 Å². The van der Waals surface area contributed by atoms with Crippen molar-refractivity contribution in [1.82, 2.24) is 10.2 Å². The Bertz CT molecular complexity index is 1010. The van der Waals surface area contributed by atoms with E-state index in [0.29, 0.717) is 18.5 Å². The molecule has 3 N–H and O–H groups in total. The molecule has 4 rings (SSSR count). The number of benzene rings is 2. The number of nitrogens with one attached hydrogen (secondary N) is 2. The zero-order valence-corrected chi connectivity index (χ0v) is 19.7. The molecule has 2 fully saturated rings. The van der Waals surface area contributed by atoms with Gasteiger partial charge in [0.25, 0.3) is 0 Å². The molecule has 188 valence electrons. The summed E-state index contributed by atoms with van der Waals surface area (Å²) >= 11 is 0. The van der Waals surface area contributed by atoms with Crippen molar-refractivity contribution in [3.8, 4) is 0 Å². The number of amides is 3. The van der Waals surface area contributed by atoms with Crippen molar-refractivity contribution in [3.63, 3.8) is 0 Å². The van der Waals surface area contributed by atoms with E-state index in [-0.39, 0.29) is 50.3 Å². The summed E-state index contributed by atoms with van der Waals surface area (Å²) in [5.41, 5.74) is 1.36. The number of β-amino-alcohol motifs (C(OH)–C–C–N with tert-alkyl or cyclic N) is 1. The number of nitrogens with zero attached hydrogens (tertiary/aromatic N) is 1. The molecule has 0 radical (unpaired) electrons. The van der Waals surface area contributed by atoms with Gasteiger partial charge in [0.15, 0.2) is 0 Å². The Hall–Kier alpha value is -3.01. The van der Waals surface area contributed by atoms with E-state index in [1.165, 1.54) is 23.1 Å². The van der Waals surface area contributed by atoms with Gasteiger partial charge in [0.1, 0.15) is 11.9 Å². The average molecular weight is 486 g/mol. The molecule has 2 aliphatic heterocycles. The first-order valence-electron chi connectivity index (χ1n) is 12.0. The molecule has 9 heteroatoms. The maximum Gasteiger partial charge on any atom is 0.322 e. The fraction of sp³-hybridized carbons (Fsp3) is 0.462. The molecule has 5 atom stereocenters. The van der Waals surface area contributed by atoms with E-state index in [4.69, 9.17) is 9.47 Å². The summed E-state index contributed by atoms with van der Waals surface area (Å²) < 4.78 is 25.4. The number of urea groups is 1. The third-order valence-corrected chi connectivity index (χ3v) is 6.41. The van der Waals surface area contributed by atoms with Gasteiger partial charge in [-0.1, -0.05) is 36.4 Å². The van der Waals surface area contributed by atoms with Crippen molar-refractivity contribution in [2.45, 2.75) is 56.6 Å². The molecule has 2 heterocycles. The smallest absolute Gasteiger partial charge is 0.322 e. The normalized spacial score (nSPS) is 25.5. The molecule has 2 aromatic rings. The van der Waals surface area contributed by atoms with Crippen LogP contribution in [0.3, 0.4) is 0 Å². The lowest BCUT2D eigenvalue weighted by molar-refractivity contribution is -0.150. The maximum absolute atomic E-state index is 13.6. The number of hydrogen-bond donors (Lipinski definition) is 3. The van der Waals surface area contributed by atoms with Gasteiger partial charge in [-0.05, 0) is 43.5 Å². The number of aliphatic hydroxyl groups excluding tert-OH is 1. The summed E-state index contributed by atoms with van der Waals surface area (Å²) in [5.74, 6) is -0.557. The number of ether oxygens (including phenoxy) is 2. The summed E-state index contributed by atoms with van der Waals surface area (Å²) in [5, 5.41) is 16.0. The standard InChI is InChI=1S/C26H32FN3O5/c1-17(18-6-3-2-4-7-18)28-25(32)13-22-10-11-23-24(35-22)16-34-15-21(31)14-30(23)26(33)29-20-9-5-8-19(27)12-20/h2-9,12,17,21-24,31H,10-11,13-16H2,1H3,(H,28,32)(H,29,33)/t17-,21-,22-,23-,24+/m0/s1. The minimum Gasteiger partial charge on any atom is -0.389 e. The number of rotatable bonds is 5. The van der Waals surface area contributed by atoms with Gasteiger partial charge in [-0.2, -0.15) is 0 Å². The van der Waals surface area contributed by atoms with Crippen LogP contribution >= 0.6 is 0 Å². The van der Waals surface area contributed by atoms with Crippen molar-refractivity contribution in [2.24, 2.45) is 0 Å². The van der Waals surface area contributed by atoms with Crippen LogP contribution in [0.2, 0.25) is 0 Å². The predicted molar refractivity (Wildman–Crippen MR) is 128 cm³/mol. The minimum absolute atomic E-state index is 0.0609. The Morgan fingerprint density at radius 2 is 1.94 bits per heavy atom. The van der Waals surface area contributed by atoms with E-state index in [0.717, 1.165) is 5.56 Å². The topological polar surface area (TPSA) is 100 Å². The molecule has 0 aliphatic carbocycles. The third kappa shape index (κ3) is 6.78. The zero-order valence-electron chi connectivity index (χ0n) is 19.7. The van der Waals surface area contributed by atoms with Gasteiger partial charge in [0, 0.05) is 5.69 Å². The van der Waals surface area contributed by atoms with Crippen LogP contribution in [0, 0.1) is 5.82 Å². The van der Waals surface area contributed by atoms with E-state index < -0.39 is 24.1 Å². The summed E-state index contributed by atoms with van der Waals surface area (Å²) in [7, 11) is 0. The number of halogens is 1. The number of fused-ring (bicyclic) bond motifs is 1. The Kier molecular flexibility index (Phi) is 8.33. The van der Waals surface area contributed by atoms with E-state index in [1.54, 1.807) is 6.07 Å². The number of carbonyl (C=O) groups is 2. The van der Waals surface area contributed by atoms with Crippen LogP contribution in [0.5, 0.6) is 0 Å². The first-order chi connectivity index (χ1) is 16.9. The average Bonchev–Trinajstić information content (AvgIpc) is 2.82. The van der Waals surface area contributed by atoms with Crippen LogP contribution in [0.25, 0.3) is 0 Å². The Morgan fingerprint density at radius 3 is 2.71 bits per heavy atom. The molecule has 0 unspecified atom stereocenters. The molecule has 2 saturated heterocycles. The quantitative estimate of drug-likeness (QED) is 0.604.